The molecule has 1 aromatic rings. The molecule has 0 aliphatic rings. The fourth-order valence-electron chi connectivity index (χ4n) is 2.33. The van der Waals surface area contributed by atoms with Gasteiger partial charge in [0, 0.05) is 6.04 Å². The largest absolute Gasteiger partial charge is 0.327 e. The van der Waals surface area contributed by atoms with Gasteiger partial charge < -0.3 is 5.73 Å². The Hall–Kier alpha value is -1.08. The van der Waals surface area contributed by atoms with E-state index in [2.05, 4.69) is 58.0 Å². The van der Waals surface area contributed by atoms with Crippen molar-refractivity contribution in [1.29, 1.82) is 0 Å². The molecule has 0 saturated carbocycles. The predicted octanol–water partition coefficient (Wildman–Crippen LogP) is 4.47. The van der Waals surface area contributed by atoms with Gasteiger partial charge in [0.05, 0.1) is 0 Å². The van der Waals surface area contributed by atoms with Crippen LogP contribution in [0, 0.1) is 19.8 Å². The highest BCUT2D eigenvalue weighted by Gasteiger charge is 2.11. The van der Waals surface area contributed by atoms with Crippen molar-refractivity contribution in [2.24, 2.45) is 11.7 Å². The lowest BCUT2D eigenvalue weighted by atomic mass is 9.92. The maximum Gasteiger partial charge on any atom is 0.00994 e. The van der Waals surface area contributed by atoms with Crippen molar-refractivity contribution in [2.45, 2.75) is 53.0 Å². The highest BCUT2D eigenvalue weighted by molar-refractivity contribution is 5.54. The summed E-state index contributed by atoms with van der Waals surface area (Å²) in [5, 5.41) is 0. The molecule has 0 aromatic heterocycles. The van der Waals surface area contributed by atoms with Gasteiger partial charge in [-0.05, 0) is 43.7 Å². The first-order valence-corrected chi connectivity index (χ1v) is 7.09. The summed E-state index contributed by atoms with van der Waals surface area (Å²) in [6.07, 6.45) is 7.95. The Morgan fingerprint density at radius 2 is 1.94 bits per heavy atom. The summed E-state index contributed by atoms with van der Waals surface area (Å²) in [5.41, 5.74) is 10.1. The van der Waals surface area contributed by atoms with Gasteiger partial charge in [0.2, 0.25) is 0 Å². The van der Waals surface area contributed by atoms with E-state index in [0.717, 1.165) is 6.42 Å². The molecule has 1 nitrogen and oxygen atoms in total. The van der Waals surface area contributed by atoms with Crippen LogP contribution in [0.3, 0.4) is 0 Å². The highest BCUT2D eigenvalue weighted by atomic mass is 14.6. The summed E-state index contributed by atoms with van der Waals surface area (Å²) < 4.78 is 0. The van der Waals surface area contributed by atoms with Crippen LogP contribution in [-0.2, 0) is 0 Å². The Balaban J connectivity index is 2.81. The van der Waals surface area contributed by atoms with Gasteiger partial charge >= 0.3 is 0 Å². The molecule has 0 amide bonds. The molecule has 0 bridgehead atoms. The van der Waals surface area contributed by atoms with E-state index in [-0.39, 0.29) is 6.04 Å². The predicted molar refractivity (Wildman–Crippen MR) is 81.6 cm³/mol. The van der Waals surface area contributed by atoms with E-state index in [1.807, 2.05) is 0 Å². The lowest BCUT2D eigenvalue weighted by Gasteiger charge is -2.18. The van der Waals surface area contributed by atoms with Crippen molar-refractivity contribution in [1.82, 2.24) is 0 Å². The molecule has 0 radical (unpaired) electrons. The van der Waals surface area contributed by atoms with Crippen LogP contribution < -0.4 is 5.73 Å². The maximum absolute atomic E-state index is 6.18. The number of aryl methyl sites for hydroxylation is 2. The van der Waals surface area contributed by atoms with Gasteiger partial charge in [-0.3, -0.25) is 0 Å². The van der Waals surface area contributed by atoms with Crippen LogP contribution in [0.1, 0.15) is 49.8 Å². The first-order chi connectivity index (χ1) is 8.58. The fraction of sp³-hybridized carbons (Fsp3) is 0.529. The zero-order valence-electron chi connectivity index (χ0n) is 12.2. The quantitative estimate of drug-likeness (QED) is 0.786. The Morgan fingerprint density at radius 1 is 1.22 bits per heavy atom. The van der Waals surface area contributed by atoms with Gasteiger partial charge in [0.15, 0.2) is 0 Å². The van der Waals surface area contributed by atoms with Gasteiger partial charge in [0.25, 0.3) is 0 Å². The summed E-state index contributed by atoms with van der Waals surface area (Å²) >= 11 is 0. The molecule has 2 N–H and O–H groups in total. The van der Waals surface area contributed by atoms with E-state index in [4.69, 9.17) is 5.73 Å². The van der Waals surface area contributed by atoms with Crippen LogP contribution >= 0.6 is 0 Å². The van der Waals surface area contributed by atoms with Crippen LogP contribution in [0.25, 0.3) is 6.08 Å². The van der Waals surface area contributed by atoms with Crippen molar-refractivity contribution in [2.75, 3.05) is 0 Å². The average molecular weight is 245 g/mol. The second-order valence-corrected chi connectivity index (χ2v) is 5.24. The van der Waals surface area contributed by atoms with Gasteiger partial charge in [-0.25, -0.2) is 0 Å². The summed E-state index contributed by atoms with van der Waals surface area (Å²) in [4.78, 5) is 0. The smallest absolute Gasteiger partial charge is 0.00994 e. The third-order valence-corrected chi connectivity index (χ3v) is 3.59. The van der Waals surface area contributed by atoms with E-state index >= 15 is 0 Å². The monoisotopic (exact) mass is 245 g/mol. The number of benzene rings is 1. The Bertz CT molecular complexity index is 393. The van der Waals surface area contributed by atoms with E-state index in [0.29, 0.717) is 5.92 Å². The van der Waals surface area contributed by atoms with E-state index in [1.54, 1.807) is 0 Å². The van der Waals surface area contributed by atoms with Crippen LogP contribution in [0.15, 0.2) is 24.3 Å². The minimum atomic E-state index is 0.284. The van der Waals surface area contributed by atoms with E-state index in [9.17, 15) is 0 Å². The molecular formula is C17H27N. The Kier molecular flexibility index (Phi) is 6.14. The molecule has 2 unspecified atom stereocenters. The fourth-order valence-corrected chi connectivity index (χ4v) is 2.33. The molecule has 0 heterocycles. The first-order valence-electron chi connectivity index (χ1n) is 7.09. The van der Waals surface area contributed by atoms with Gasteiger partial charge in [-0.15, -0.1) is 0 Å². The van der Waals surface area contributed by atoms with Crippen molar-refractivity contribution in [3.8, 4) is 0 Å². The Morgan fingerprint density at radius 3 is 2.50 bits per heavy atom. The number of hydrogen-bond acceptors (Lipinski definition) is 1. The van der Waals surface area contributed by atoms with Crippen LogP contribution in [0.2, 0.25) is 0 Å². The van der Waals surface area contributed by atoms with Gasteiger partial charge in [-0.2, -0.15) is 0 Å². The van der Waals surface area contributed by atoms with Crippen molar-refractivity contribution >= 4 is 6.08 Å². The first kappa shape index (κ1) is 15.0. The molecule has 0 aliphatic carbocycles. The molecule has 1 heteroatoms. The molecule has 0 fully saturated rings. The summed E-state index contributed by atoms with van der Waals surface area (Å²) in [6.45, 7) is 8.69. The summed E-state index contributed by atoms with van der Waals surface area (Å²) in [7, 11) is 0. The van der Waals surface area contributed by atoms with Crippen LogP contribution in [-0.4, -0.2) is 6.04 Å². The molecule has 2 atom stereocenters. The molecule has 0 aliphatic heterocycles. The molecule has 0 spiro atoms. The SMILES string of the molecule is CCCC(C=Cc1ccc(C)cc1C)C(N)CC. The standard InChI is InChI=1S/C17H27N/c1-5-7-16(17(18)6-2)11-10-15-9-8-13(3)12-14(15)4/h8-12,16-17H,5-7,18H2,1-4H3. The topological polar surface area (TPSA) is 26.0 Å². The minimum absolute atomic E-state index is 0.284. The van der Waals surface area contributed by atoms with E-state index < -0.39 is 0 Å². The van der Waals surface area contributed by atoms with Crippen molar-refractivity contribution < 1.29 is 0 Å². The minimum Gasteiger partial charge on any atom is -0.327 e. The summed E-state index contributed by atoms with van der Waals surface area (Å²) in [6, 6.07) is 6.88. The normalized spacial score (nSPS) is 14.9. The molecular weight excluding hydrogens is 218 g/mol. The molecule has 0 saturated heterocycles. The third-order valence-electron chi connectivity index (χ3n) is 3.59. The molecule has 1 rings (SSSR count). The van der Waals surface area contributed by atoms with Crippen LogP contribution in [0.5, 0.6) is 0 Å². The van der Waals surface area contributed by atoms with E-state index in [1.165, 1.54) is 29.5 Å². The second kappa shape index (κ2) is 7.38. The summed E-state index contributed by atoms with van der Waals surface area (Å²) in [5.74, 6) is 0.501. The average Bonchev–Trinajstić information content (AvgIpc) is 2.35. The van der Waals surface area contributed by atoms with Crippen molar-refractivity contribution in [3.05, 3.63) is 41.0 Å². The second-order valence-electron chi connectivity index (χ2n) is 5.24. The zero-order chi connectivity index (χ0) is 13.5. The van der Waals surface area contributed by atoms with Gasteiger partial charge in [0.1, 0.15) is 0 Å². The lowest BCUT2D eigenvalue weighted by Crippen LogP contribution is -2.27. The maximum atomic E-state index is 6.18. The molecule has 1 aromatic carbocycles. The number of hydrogen-bond donors (Lipinski definition) is 1. The molecule has 18 heavy (non-hydrogen) atoms. The number of nitrogens with two attached hydrogens (primary N) is 1. The van der Waals surface area contributed by atoms with Gasteiger partial charge in [-0.1, -0.05) is 56.2 Å². The highest BCUT2D eigenvalue weighted by Crippen LogP contribution is 2.18. The van der Waals surface area contributed by atoms with Crippen LogP contribution in [0.4, 0.5) is 0 Å². The lowest BCUT2D eigenvalue weighted by molar-refractivity contribution is 0.456. The third kappa shape index (κ3) is 4.30. The molecule has 100 valence electrons. The Labute approximate surface area is 112 Å². The number of rotatable bonds is 6. The zero-order valence-corrected chi connectivity index (χ0v) is 12.2. The van der Waals surface area contributed by atoms with Crippen molar-refractivity contribution in [3.63, 3.8) is 0 Å².